The van der Waals surface area contributed by atoms with Crippen LogP contribution >= 0.6 is 0 Å². The Bertz CT molecular complexity index is 988. The lowest BCUT2D eigenvalue weighted by molar-refractivity contribution is 0.231. The summed E-state index contributed by atoms with van der Waals surface area (Å²) < 4.78 is 19.8. The van der Waals surface area contributed by atoms with E-state index in [1.165, 1.54) is 6.07 Å². The predicted octanol–water partition coefficient (Wildman–Crippen LogP) is 3.09. The van der Waals surface area contributed by atoms with Crippen molar-refractivity contribution in [2.75, 3.05) is 31.6 Å². The number of likely N-dealkylation sites (N-methyl/N-ethyl adjacent to an activating group) is 1. The van der Waals surface area contributed by atoms with E-state index >= 15 is 0 Å². The number of nitrogens with one attached hydrogen (secondary N) is 1. The van der Waals surface area contributed by atoms with Crippen molar-refractivity contribution in [3.63, 3.8) is 0 Å². The van der Waals surface area contributed by atoms with Gasteiger partial charge >= 0.3 is 0 Å². The van der Waals surface area contributed by atoms with Crippen LogP contribution in [0.2, 0.25) is 0 Å². The first-order valence-electron chi connectivity index (χ1n) is 9.54. The van der Waals surface area contributed by atoms with Crippen molar-refractivity contribution >= 4 is 16.7 Å². The number of fused-ring (bicyclic) bond motifs is 1. The molecule has 1 aliphatic heterocycles. The van der Waals surface area contributed by atoms with Gasteiger partial charge in [0.2, 0.25) is 0 Å². The summed E-state index contributed by atoms with van der Waals surface area (Å²) in [5, 5.41) is 8.04. The third-order valence-electron chi connectivity index (χ3n) is 5.16. The standard InChI is InChI=1S/C20H25FN6O/c1-12(2)28-18-7-14-16(8-15(18)21)24-25-20(14)17-9-19(23-11-22-17)27-6-5-26(4)13(3)10-27/h7-9,11-13H,5-6,10H2,1-4H3,(H,24,25)/t13-/m0/s1. The van der Waals surface area contributed by atoms with Crippen LogP contribution < -0.4 is 9.64 Å². The fraction of sp³-hybridized carbons (Fsp3) is 0.450. The molecule has 0 unspecified atom stereocenters. The van der Waals surface area contributed by atoms with Crippen LogP contribution in [0.15, 0.2) is 24.5 Å². The van der Waals surface area contributed by atoms with Crippen molar-refractivity contribution < 1.29 is 9.13 Å². The number of benzene rings is 1. The molecule has 2 aromatic heterocycles. The largest absolute Gasteiger partial charge is 0.488 e. The van der Waals surface area contributed by atoms with Crippen molar-refractivity contribution in [3.05, 3.63) is 30.3 Å². The number of piperazine rings is 1. The second kappa shape index (κ2) is 7.35. The predicted molar refractivity (Wildman–Crippen MR) is 107 cm³/mol. The molecule has 3 heterocycles. The van der Waals surface area contributed by atoms with Crippen LogP contribution in [-0.2, 0) is 0 Å². The highest BCUT2D eigenvalue weighted by molar-refractivity contribution is 5.93. The van der Waals surface area contributed by atoms with Crippen LogP contribution in [0.4, 0.5) is 10.2 Å². The summed E-state index contributed by atoms with van der Waals surface area (Å²) in [5.74, 6) is 0.681. The molecule has 3 aromatic rings. The lowest BCUT2D eigenvalue weighted by Gasteiger charge is -2.38. The average Bonchev–Trinajstić information content (AvgIpc) is 3.06. The van der Waals surface area contributed by atoms with Crippen LogP contribution in [0.25, 0.3) is 22.3 Å². The molecule has 148 valence electrons. The van der Waals surface area contributed by atoms with E-state index in [-0.39, 0.29) is 11.9 Å². The van der Waals surface area contributed by atoms with Crippen LogP contribution in [0.1, 0.15) is 20.8 Å². The highest BCUT2D eigenvalue weighted by Crippen LogP contribution is 2.32. The average molecular weight is 384 g/mol. The van der Waals surface area contributed by atoms with Crippen molar-refractivity contribution in [1.29, 1.82) is 0 Å². The van der Waals surface area contributed by atoms with E-state index in [4.69, 9.17) is 4.74 Å². The van der Waals surface area contributed by atoms with Crippen LogP contribution in [0.5, 0.6) is 5.75 Å². The van der Waals surface area contributed by atoms with Crippen molar-refractivity contribution in [1.82, 2.24) is 25.1 Å². The summed E-state index contributed by atoms with van der Waals surface area (Å²) in [5.41, 5.74) is 1.97. The number of H-pyrrole nitrogens is 1. The highest BCUT2D eigenvalue weighted by Gasteiger charge is 2.22. The van der Waals surface area contributed by atoms with E-state index in [9.17, 15) is 4.39 Å². The molecule has 1 atom stereocenters. The van der Waals surface area contributed by atoms with Gasteiger partial charge in [0, 0.05) is 43.2 Å². The number of halogens is 1. The van der Waals surface area contributed by atoms with Gasteiger partial charge in [-0.05, 0) is 33.9 Å². The van der Waals surface area contributed by atoms with E-state index in [2.05, 4.69) is 43.9 Å². The summed E-state index contributed by atoms with van der Waals surface area (Å²) >= 11 is 0. The van der Waals surface area contributed by atoms with Gasteiger partial charge in [-0.2, -0.15) is 5.10 Å². The van der Waals surface area contributed by atoms with Gasteiger partial charge < -0.3 is 14.5 Å². The lowest BCUT2D eigenvalue weighted by Crippen LogP contribution is -2.50. The van der Waals surface area contributed by atoms with E-state index in [0.29, 0.717) is 22.9 Å². The van der Waals surface area contributed by atoms with E-state index in [0.717, 1.165) is 30.8 Å². The Kier molecular flexibility index (Phi) is 4.89. The van der Waals surface area contributed by atoms with Gasteiger partial charge in [0.15, 0.2) is 11.6 Å². The SMILES string of the molecule is CC(C)Oc1cc2c(-c3cc(N4CCN(C)[C@@H](C)C4)ncn3)n[nH]c2cc1F. The zero-order valence-electron chi connectivity index (χ0n) is 16.6. The number of aromatic amines is 1. The number of aromatic nitrogens is 4. The molecular weight excluding hydrogens is 359 g/mol. The molecule has 1 aliphatic rings. The van der Waals surface area contributed by atoms with Gasteiger partial charge in [0.05, 0.1) is 17.3 Å². The van der Waals surface area contributed by atoms with Gasteiger partial charge in [-0.15, -0.1) is 0 Å². The minimum atomic E-state index is -0.411. The lowest BCUT2D eigenvalue weighted by atomic mass is 10.1. The van der Waals surface area contributed by atoms with Gasteiger partial charge in [0.1, 0.15) is 17.8 Å². The third kappa shape index (κ3) is 3.52. The molecule has 7 nitrogen and oxygen atoms in total. The topological polar surface area (TPSA) is 70.2 Å². The Morgan fingerprint density at radius 2 is 2.04 bits per heavy atom. The molecule has 1 saturated heterocycles. The summed E-state index contributed by atoms with van der Waals surface area (Å²) in [6, 6.07) is 5.49. The summed E-state index contributed by atoms with van der Waals surface area (Å²) in [4.78, 5) is 13.5. The molecule has 0 amide bonds. The molecule has 8 heteroatoms. The van der Waals surface area contributed by atoms with E-state index in [1.807, 2.05) is 19.9 Å². The Morgan fingerprint density at radius 3 is 2.79 bits per heavy atom. The highest BCUT2D eigenvalue weighted by atomic mass is 19.1. The van der Waals surface area contributed by atoms with Crippen LogP contribution in [-0.4, -0.2) is 63.9 Å². The molecule has 0 bridgehead atoms. The first kappa shape index (κ1) is 18.6. The summed E-state index contributed by atoms with van der Waals surface area (Å²) in [7, 11) is 2.14. The van der Waals surface area contributed by atoms with Crippen molar-refractivity contribution in [2.45, 2.75) is 32.9 Å². The van der Waals surface area contributed by atoms with E-state index in [1.54, 1.807) is 12.4 Å². The molecule has 1 N–H and O–H groups in total. The molecule has 4 rings (SSSR count). The zero-order valence-corrected chi connectivity index (χ0v) is 16.6. The van der Waals surface area contributed by atoms with Crippen LogP contribution in [0.3, 0.4) is 0 Å². The van der Waals surface area contributed by atoms with Gasteiger partial charge in [-0.25, -0.2) is 14.4 Å². The fourth-order valence-corrected chi connectivity index (χ4v) is 3.46. The Labute approximate surface area is 163 Å². The van der Waals surface area contributed by atoms with Gasteiger partial charge in [-0.3, -0.25) is 5.10 Å². The number of hydrogen-bond acceptors (Lipinski definition) is 6. The first-order chi connectivity index (χ1) is 13.4. The third-order valence-corrected chi connectivity index (χ3v) is 5.16. The summed E-state index contributed by atoms with van der Waals surface area (Å²) in [6.07, 6.45) is 1.44. The monoisotopic (exact) mass is 384 g/mol. The van der Waals surface area contributed by atoms with Gasteiger partial charge in [-0.1, -0.05) is 0 Å². The number of ether oxygens (including phenoxy) is 1. The first-order valence-corrected chi connectivity index (χ1v) is 9.54. The molecule has 1 aromatic carbocycles. The molecule has 0 radical (unpaired) electrons. The maximum Gasteiger partial charge on any atom is 0.167 e. The van der Waals surface area contributed by atoms with E-state index < -0.39 is 5.82 Å². The number of nitrogens with zero attached hydrogens (tertiary/aromatic N) is 5. The van der Waals surface area contributed by atoms with Crippen LogP contribution in [0, 0.1) is 5.82 Å². The second-order valence-corrected chi connectivity index (χ2v) is 7.60. The molecule has 0 saturated carbocycles. The number of anilines is 1. The quantitative estimate of drug-likeness (QED) is 0.745. The van der Waals surface area contributed by atoms with Gasteiger partial charge in [0.25, 0.3) is 0 Å². The second-order valence-electron chi connectivity index (χ2n) is 7.60. The molecule has 0 spiro atoms. The smallest absolute Gasteiger partial charge is 0.167 e. The number of hydrogen-bond donors (Lipinski definition) is 1. The Balaban J connectivity index is 1.70. The zero-order chi connectivity index (χ0) is 19.8. The molecule has 1 fully saturated rings. The maximum absolute atomic E-state index is 14.3. The minimum absolute atomic E-state index is 0.118. The molecular formula is C20H25FN6O. The molecule has 28 heavy (non-hydrogen) atoms. The number of rotatable bonds is 4. The minimum Gasteiger partial charge on any atom is -0.488 e. The maximum atomic E-state index is 14.3. The van der Waals surface area contributed by atoms with Crippen molar-refractivity contribution in [3.8, 4) is 17.1 Å². The Hall–Kier alpha value is -2.74. The summed E-state index contributed by atoms with van der Waals surface area (Å²) in [6.45, 7) is 8.75. The normalized spacial score (nSPS) is 18.2. The van der Waals surface area contributed by atoms with Crippen molar-refractivity contribution in [2.24, 2.45) is 0 Å². The fourth-order valence-electron chi connectivity index (χ4n) is 3.46. The Morgan fingerprint density at radius 1 is 1.21 bits per heavy atom. The molecule has 0 aliphatic carbocycles.